The summed E-state index contributed by atoms with van der Waals surface area (Å²) in [5.74, 6) is -1.07. The van der Waals surface area contributed by atoms with Gasteiger partial charge in [0.05, 0.1) is 13.2 Å². The van der Waals surface area contributed by atoms with E-state index >= 15 is 0 Å². The third-order valence-corrected chi connectivity index (χ3v) is 3.30. The van der Waals surface area contributed by atoms with Gasteiger partial charge in [-0.05, 0) is 23.7 Å². The van der Waals surface area contributed by atoms with Crippen molar-refractivity contribution in [3.05, 3.63) is 25.3 Å². The molecule has 0 radical (unpaired) electrons. The Balaban J connectivity index is 4.95. The van der Waals surface area contributed by atoms with Crippen molar-refractivity contribution in [2.24, 2.45) is 10.8 Å². The summed E-state index contributed by atoms with van der Waals surface area (Å²) in [6.07, 6.45) is 2.73. The van der Waals surface area contributed by atoms with Gasteiger partial charge < -0.3 is 20.1 Å². The van der Waals surface area contributed by atoms with Gasteiger partial charge in [0.2, 0.25) is 5.91 Å². The Morgan fingerprint density at radius 2 is 1.29 bits per heavy atom. The molecule has 2 atom stereocenters. The lowest BCUT2D eigenvalue weighted by Gasteiger charge is -2.24. The van der Waals surface area contributed by atoms with Crippen LogP contribution in [0.4, 0.5) is 4.79 Å². The van der Waals surface area contributed by atoms with E-state index in [9.17, 15) is 14.4 Å². The summed E-state index contributed by atoms with van der Waals surface area (Å²) in [6, 6.07) is -1.79. The molecule has 0 aromatic carbocycles. The van der Waals surface area contributed by atoms with Crippen molar-refractivity contribution in [1.82, 2.24) is 10.6 Å². The van der Waals surface area contributed by atoms with Gasteiger partial charge in [0.15, 0.2) is 0 Å². The molecule has 0 aromatic heterocycles. The van der Waals surface area contributed by atoms with Gasteiger partial charge in [-0.15, -0.1) is 13.2 Å². The van der Waals surface area contributed by atoms with E-state index in [-0.39, 0.29) is 36.9 Å². The lowest BCUT2D eigenvalue weighted by molar-refractivity contribution is -0.150. The number of alkyl carbamates (subject to hydrolysis) is 1. The summed E-state index contributed by atoms with van der Waals surface area (Å²) in [4.78, 5) is 36.9. The molecule has 0 aliphatic carbocycles. The van der Waals surface area contributed by atoms with Gasteiger partial charge in [-0.25, -0.2) is 9.59 Å². The molecule has 0 spiro atoms. The standard InChI is InChI=1S/C21H36N2O5/c1-9-11-15(23-19(26)28-14-21(6,7)8)17(24)22-16(12-10-2)18(25)27-13-20(3,4)5/h9-10,15-16H,1-2,11-14H2,3-8H3,(H,22,24)(H,23,26). The maximum atomic E-state index is 12.6. The summed E-state index contributed by atoms with van der Waals surface area (Å²) in [7, 11) is 0. The van der Waals surface area contributed by atoms with Crippen molar-refractivity contribution >= 4 is 18.0 Å². The maximum Gasteiger partial charge on any atom is 0.407 e. The summed E-state index contributed by atoms with van der Waals surface area (Å²) < 4.78 is 10.4. The van der Waals surface area contributed by atoms with Crippen LogP contribution >= 0.6 is 0 Å². The van der Waals surface area contributed by atoms with Crippen LogP contribution in [-0.2, 0) is 19.1 Å². The largest absolute Gasteiger partial charge is 0.464 e. The molecule has 0 saturated carbocycles. The molecule has 0 aliphatic rings. The number of hydrogen-bond acceptors (Lipinski definition) is 5. The van der Waals surface area contributed by atoms with Gasteiger partial charge in [-0.2, -0.15) is 0 Å². The molecule has 2 unspecified atom stereocenters. The van der Waals surface area contributed by atoms with E-state index in [2.05, 4.69) is 23.8 Å². The second-order valence-electron chi connectivity index (χ2n) is 9.11. The average molecular weight is 397 g/mol. The Morgan fingerprint density at radius 1 is 0.821 bits per heavy atom. The summed E-state index contributed by atoms with van der Waals surface area (Å²) in [6.45, 7) is 19.2. The van der Waals surface area contributed by atoms with Crippen LogP contribution in [-0.4, -0.2) is 43.3 Å². The number of amides is 2. The van der Waals surface area contributed by atoms with Gasteiger partial charge >= 0.3 is 12.1 Å². The van der Waals surface area contributed by atoms with Gasteiger partial charge in [0.1, 0.15) is 12.1 Å². The van der Waals surface area contributed by atoms with Crippen molar-refractivity contribution in [1.29, 1.82) is 0 Å². The molecule has 0 fully saturated rings. The number of carbonyl (C=O) groups is 3. The zero-order valence-corrected chi connectivity index (χ0v) is 18.1. The second kappa shape index (κ2) is 11.5. The Labute approximate surface area is 168 Å². The molecule has 0 saturated heterocycles. The van der Waals surface area contributed by atoms with Crippen molar-refractivity contribution in [3.8, 4) is 0 Å². The number of hydrogen-bond donors (Lipinski definition) is 2. The van der Waals surface area contributed by atoms with Gasteiger partial charge in [-0.3, -0.25) is 4.79 Å². The van der Waals surface area contributed by atoms with Crippen molar-refractivity contribution in [3.63, 3.8) is 0 Å². The van der Waals surface area contributed by atoms with E-state index < -0.39 is 30.1 Å². The second-order valence-corrected chi connectivity index (χ2v) is 9.11. The van der Waals surface area contributed by atoms with E-state index in [1.165, 1.54) is 12.2 Å². The lowest BCUT2D eigenvalue weighted by atomic mass is 9.99. The maximum absolute atomic E-state index is 12.6. The summed E-state index contributed by atoms with van der Waals surface area (Å²) >= 11 is 0. The third kappa shape index (κ3) is 12.1. The average Bonchev–Trinajstić information content (AvgIpc) is 2.55. The first-order valence-corrected chi connectivity index (χ1v) is 9.41. The van der Waals surface area contributed by atoms with Crippen LogP contribution in [0.15, 0.2) is 25.3 Å². The number of esters is 1. The van der Waals surface area contributed by atoms with Gasteiger partial charge in [-0.1, -0.05) is 53.7 Å². The minimum Gasteiger partial charge on any atom is -0.464 e. The van der Waals surface area contributed by atoms with Crippen molar-refractivity contribution < 1.29 is 23.9 Å². The predicted molar refractivity (Wildman–Crippen MR) is 110 cm³/mol. The number of nitrogens with one attached hydrogen (secondary N) is 2. The number of carbonyl (C=O) groups excluding carboxylic acids is 3. The molecule has 2 amide bonds. The van der Waals surface area contributed by atoms with E-state index in [1.54, 1.807) is 0 Å². The van der Waals surface area contributed by atoms with Crippen LogP contribution in [0.25, 0.3) is 0 Å². The summed E-state index contributed by atoms with van der Waals surface area (Å²) in [5, 5.41) is 5.12. The molecule has 0 rings (SSSR count). The zero-order valence-electron chi connectivity index (χ0n) is 18.1. The number of rotatable bonds is 10. The molecular formula is C21H36N2O5. The first kappa shape index (κ1) is 25.7. The molecule has 0 aliphatic heterocycles. The third-order valence-electron chi connectivity index (χ3n) is 3.30. The SMILES string of the molecule is C=CCC(NC(=O)OCC(C)(C)C)C(=O)NC(CC=C)C(=O)OCC(C)(C)C. The molecule has 0 bridgehead atoms. The highest BCUT2D eigenvalue weighted by atomic mass is 16.5. The quantitative estimate of drug-likeness (QED) is 0.436. The zero-order chi connectivity index (χ0) is 22.0. The van der Waals surface area contributed by atoms with Crippen LogP contribution < -0.4 is 10.6 Å². The fraction of sp³-hybridized carbons (Fsp3) is 0.667. The van der Waals surface area contributed by atoms with Gasteiger partial charge in [0, 0.05) is 0 Å². The van der Waals surface area contributed by atoms with Crippen LogP contribution in [0.1, 0.15) is 54.4 Å². The van der Waals surface area contributed by atoms with Crippen molar-refractivity contribution in [2.75, 3.05) is 13.2 Å². The fourth-order valence-corrected chi connectivity index (χ4v) is 1.91. The lowest BCUT2D eigenvalue weighted by Crippen LogP contribution is -2.52. The van der Waals surface area contributed by atoms with E-state index in [4.69, 9.17) is 9.47 Å². The highest BCUT2D eigenvalue weighted by Crippen LogP contribution is 2.14. The van der Waals surface area contributed by atoms with E-state index in [1.807, 2.05) is 41.5 Å². The highest BCUT2D eigenvalue weighted by Gasteiger charge is 2.28. The molecule has 0 aromatic rings. The first-order chi connectivity index (χ1) is 12.8. The fourth-order valence-electron chi connectivity index (χ4n) is 1.91. The topological polar surface area (TPSA) is 93.7 Å². The predicted octanol–water partition coefficient (Wildman–Crippen LogP) is 3.35. The van der Waals surface area contributed by atoms with E-state index in [0.29, 0.717) is 0 Å². The minimum absolute atomic E-state index is 0.189. The number of ether oxygens (including phenoxy) is 2. The van der Waals surface area contributed by atoms with Crippen LogP contribution in [0, 0.1) is 10.8 Å². The van der Waals surface area contributed by atoms with Gasteiger partial charge in [0.25, 0.3) is 0 Å². The Morgan fingerprint density at radius 3 is 1.75 bits per heavy atom. The Kier molecular flexibility index (Phi) is 10.6. The molecule has 28 heavy (non-hydrogen) atoms. The first-order valence-electron chi connectivity index (χ1n) is 9.41. The normalized spacial score (nSPS) is 13.6. The molecule has 7 nitrogen and oxygen atoms in total. The molecule has 7 heteroatoms. The molecule has 0 heterocycles. The Bertz CT molecular complexity index is 558. The molecule has 160 valence electrons. The molecule has 2 N–H and O–H groups in total. The van der Waals surface area contributed by atoms with Crippen LogP contribution in [0.3, 0.4) is 0 Å². The minimum atomic E-state index is -0.910. The van der Waals surface area contributed by atoms with Crippen LogP contribution in [0.2, 0.25) is 0 Å². The van der Waals surface area contributed by atoms with Crippen LogP contribution in [0.5, 0.6) is 0 Å². The van der Waals surface area contributed by atoms with E-state index in [0.717, 1.165) is 0 Å². The summed E-state index contributed by atoms with van der Waals surface area (Å²) in [5.41, 5.74) is -0.387. The Hall–Kier alpha value is -2.31. The highest BCUT2D eigenvalue weighted by molar-refractivity contribution is 5.89. The smallest absolute Gasteiger partial charge is 0.407 e. The molecular weight excluding hydrogens is 360 g/mol. The van der Waals surface area contributed by atoms with Crippen molar-refractivity contribution in [2.45, 2.75) is 66.5 Å². The monoisotopic (exact) mass is 396 g/mol.